The lowest BCUT2D eigenvalue weighted by molar-refractivity contribution is 0.101. The molecular formula is C94H84BrCl3N20O8. The van der Waals surface area contributed by atoms with Gasteiger partial charge < -0.3 is 62.1 Å². The van der Waals surface area contributed by atoms with E-state index >= 15 is 0 Å². The number of carbonyl (C=O) groups is 8. The summed E-state index contributed by atoms with van der Waals surface area (Å²) < 4.78 is 0.816. The molecule has 4 aromatic heterocycles. The molecule has 8 aromatic carbocycles. The average molecular weight is 1810 g/mol. The zero-order chi connectivity index (χ0) is 88.9. The fourth-order valence-corrected chi connectivity index (χ4v) is 13.8. The highest BCUT2D eigenvalue weighted by Crippen LogP contribution is 2.28. The molecule has 0 saturated carbocycles. The molecule has 32 heteroatoms. The molecule has 8 heterocycles. The highest BCUT2D eigenvalue weighted by molar-refractivity contribution is 9.10. The molecule has 8 N–H and O–H groups in total. The molecule has 0 atom stereocenters. The lowest BCUT2D eigenvalue weighted by Crippen LogP contribution is -2.23. The molecule has 0 fully saturated rings. The Morgan fingerprint density at radius 1 is 0.286 bits per heavy atom. The number of benzene rings is 8. The third kappa shape index (κ3) is 23.6. The number of nitrogens with zero attached hydrogens (tertiary/aromatic N) is 12. The number of amides is 8. The molecule has 126 heavy (non-hydrogen) atoms. The number of aliphatic imine (C=N–C) groups is 4. The van der Waals surface area contributed by atoms with Gasteiger partial charge in [0, 0.05) is 128 Å². The minimum absolute atomic E-state index is 0.296. The highest BCUT2D eigenvalue weighted by Gasteiger charge is 2.25. The molecule has 4 aliphatic heterocycles. The van der Waals surface area contributed by atoms with Gasteiger partial charge in [-0.15, -0.1) is 0 Å². The molecule has 4 aliphatic rings. The summed E-state index contributed by atoms with van der Waals surface area (Å²) in [7, 11) is 7.98. The predicted molar refractivity (Wildman–Crippen MR) is 500 cm³/mol. The van der Waals surface area contributed by atoms with Crippen molar-refractivity contribution in [2.45, 2.75) is 13.8 Å². The van der Waals surface area contributed by atoms with Gasteiger partial charge in [-0.3, -0.25) is 58.3 Å². The first-order valence-corrected chi connectivity index (χ1v) is 41.6. The van der Waals surface area contributed by atoms with Crippen LogP contribution in [0.5, 0.6) is 0 Å². The van der Waals surface area contributed by atoms with Gasteiger partial charge in [0.1, 0.15) is 46.6 Å². The second kappa shape index (κ2) is 42.0. The Balaban J connectivity index is 0.000000144. The number of pyridine rings is 4. The maximum atomic E-state index is 12.9. The number of likely N-dealkylation sites (N-methyl/N-ethyl adjacent to an activating group) is 4. The van der Waals surface area contributed by atoms with Crippen LogP contribution in [-0.4, -0.2) is 191 Å². The molecule has 28 nitrogen and oxygen atoms in total. The number of rotatable bonds is 20. The van der Waals surface area contributed by atoms with E-state index in [1.807, 2.05) is 103 Å². The van der Waals surface area contributed by atoms with E-state index in [0.717, 1.165) is 114 Å². The average Bonchev–Trinajstić information content (AvgIpc) is 1.50. The maximum absolute atomic E-state index is 12.9. The van der Waals surface area contributed by atoms with Gasteiger partial charge in [-0.05, 0) is 175 Å². The number of aromatic nitrogens is 4. The number of anilines is 8. The molecule has 12 aromatic rings. The number of amidine groups is 4. The lowest BCUT2D eigenvalue weighted by atomic mass is 10.1. The van der Waals surface area contributed by atoms with Crippen LogP contribution in [0.3, 0.4) is 0 Å². The Labute approximate surface area is 750 Å². The van der Waals surface area contributed by atoms with Crippen molar-refractivity contribution in [2.24, 2.45) is 20.0 Å². The molecule has 8 amide bonds. The van der Waals surface area contributed by atoms with E-state index in [-0.39, 0.29) is 47.3 Å². The third-order valence-electron chi connectivity index (χ3n) is 19.9. The quantitative estimate of drug-likeness (QED) is 0.0351. The summed E-state index contributed by atoms with van der Waals surface area (Å²) in [4.78, 5) is 145. The van der Waals surface area contributed by atoms with Crippen LogP contribution in [0.1, 0.15) is 116 Å². The van der Waals surface area contributed by atoms with Crippen LogP contribution >= 0.6 is 50.7 Å². The number of hydrogen-bond acceptors (Lipinski definition) is 20. The topological polar surface area (TPSA) is 347 Å². The molecule has 636 valence electrons. The van der Waals surface area contributed by atoms with E-state index in [2.05, 4.69) is 118 Å². The third-order valence-corrected chi connectivity index (χ3v) is 21.0. The van der Waals surface area contributed by atoms with Crippen molar-refractivity contribution in [3.8, 4) is 0 Å². The monoisotopic (exact) mass is 1800 g/mol. The van der Waals surface area contributed by atoms with Crippen LogP contribution in [0.25, 0.3) is 0 Å². The SMILES string of the molecule is CN1CCN=C1c1ccc(C(=O)Nc2ccccc2C(=O)Nc2ccc(Br)cn2)cc1.CN1CCN=C1c1ccc(C(=O)Nc2ccccc2C(=O)Nc2ccc(Cl)cn2)cc1.Cc1ccc(NC(=O)c2ccc(C3=NCCN3C)cc2)c(C(=O)Nc2ccc(Cl)cn2)c1.Cc1ccc(NC(=O)c2ccc(C3=NCCN3C)cc2)c(C(=O)Nc2ccc(Cl)cn2)c1. The number of hydrogen-bond donors (Lipinski definition) is 8. The highest BCUT2D eigenvalue weighted by atomic mass is 79.9. The van der Waals surface area contributed by atoms with E-state index in [1.54, 1.807) is 176 Å². The van der Waals surface area contributed by atoms with Gasteiger partial charge in [-0.1, -0.05) is 131 Å². The van der Waals surface area contributed by atoms with Crippen molar-refractivity contribution in [1.82, 2.24) is 39.5 Å². The van der Waals surface area contributed by atoms with Crippen molar-refractivity contribution in [3.63, 3.8) is 0 Å². The summed E-state index contributed by atoms with van der Waals surface area (Å²) in [6, 6.07) is 66.5. The van der Waals surface area contributed by atoms with Crippen LogP contribution in [0, 0.1) is 13.8 Å². The Hall–Kier alpha value is -14.7. The van der Waals surface area contributed by atoms with Crippen molar-refractivity contribution >= 4 is 167 Å². The second-order valence-corrected chi connectivity index (χ2v) is 31.3. The predicted octanol–water partition coefficient (Wildman–Crippen LogP) is 16.5. The van der Waals surface area contributed by atoms with Crippen LogP contribution in [-0.2, 0) is 0 Å². The van der Waals surface area contributed by atoms with Crippen molar-refractivity contribution in [3.05, 3.63) is 353 Å². The summed E-state index contributed by atoms with van der Waals surface area (Å²) in [6.45, 7) is 10.4. The summed E-state index contributed by atoms with van der Waals surface area (Å²) in [5, 5.41) is 23.7. The number of para-hydroxylation sites is 2. The van der Waals surface area contributed by atoms with Gasteiger partial charge in [0.2, 0.25) is 0 Å². The fourth-order valence-electron chi connectivity index (χ4n) is 13.3. The molecule has 0 spiro atoms. The molecule has 16 rings (SSSR count). The van der Waals surface area contributed by atoms with Gasteiger partial charge in [0.05, 0.1) is 86.3 Å². The van der Waals surface area contributed by atoms with Gasteiger partial charge in [0.25, 0.3) is 47.3 Å². The minimum Gasteiger partial charge on any atom is -0.358 e. The molecule has 0 bridgehead atoms. The molecule has 0 radical (unpaired) electrons. The molecule has 0 saturated heterocycles. The number of halogens is 4. The van der Waals surface area contributed by atoms with E-state index in [0.29, 0.717) is 106 Å². The first kappa shape index (κ1) is 89.1. The standard InChI is InChI=1S/2C24H22ClN5O2.C23H20BrN5O2.C23H20ClN5O2/c2*1-15-3-9-20(19(13-15)24(32)29-21-10-8-18(25)14-27-21)28-23(31)17-6-4-16(5-7-17)22-26-11-12-30(22)2;2*1-29-13-12-25-21(29)15-6-8-16(9-7-15)22(30)27-19-5-3-2-4-18(19)23(31)28-20-11-10-17(24)14-26-20/h2*3-10,13-14H,11-12H2,1-2H3,(H,28,31)(H,27,29,32);2*2-11,14H,12-13H2,1H3,(H,27,30)(H,26,28,31). The van der Waals surface area contributed by atoms with Crippen LogP contribution in [0.4, 0.5) is 46.0 Å². The van der Waals surface area contributed by atoms with Gasteiger partial charge in [-0.2, -0.15) is 0 Å². The molecule has 0 aliphatic carbocycles. The van der Waals surface area contributed by atoms with Crippen molar-refractivity contribution in [1.29, 1.82) is 0 Å². The number of carbonyl (C=O) groups excluding carboxylic acids is 8. The summed E-state index contributed by atoms with van der Waals surface area (Å²) in [5.41, 5.74) is 10.6. The first-order valence-electron chi connectivity index (χ1n) is 39.6. The van der Waals surface area contributed by atoms with Crippen LogP contribution in [0.15, 0.2) is 280 Å². The zero-order valence-corrected chi connectivity index (χ0v) is 72.9. The van der Waals surface area contributed by atoms with Crippen LogP contribution < -0.4 is 42.5 Å². The summed E-state index contributed by atoms with van der Waals surface area (Å²) in [5.74, 6) is 2.50. The maximum Gasteiger partial charge on any atom is 0.258 e. The fraction of sp³-hybridized carbons (Fsp3) is 0.149. The summed E-state index contributed by atoms with van der Waals surface area (Å²) >= 11 is 20.8. The van der Waals surface area contributed by atoms with Gasteiger partial charge in [0.15, 0.2) is 0 Å². The van der Waals surface area contributed by atoms with Gasteiger partial charge in [-0.25, -0.2) is 19.9 Å². The first-order chi connectivity index (χ1) is 60.8. The zero-order valence-electron chi connectivity index (χ0n) is 69.0. The second-order valence-electron chi connectivity index (χ2n) is 29.1. The molecular weight excluding hydrogens is 1720 g/mol. The van der Waals surface area contributed by atoms with Crippen molar-refractivity contribution < 1.29 is 38.4 Å². The van der Waals surface area contributed by atoms with E-state index in [4.69, 9.17) is 34.8 Å². The smallest absolute Gasteiger partial charge is 0.258 e. The van der Waals surface area contributed by atoms with E-state index in [1.165, 1.54) is 18.6 Å². The van der Waals surface area contributed by atoms with Crippen molar-refractivity contribution in [2.75, 3.05) is 123 Å². The number of nitrogens with one attached hydrogen (secondary N) is 8. The Bertz CT molecular complexity index is 5790. The summed E-state index contributed by atoms with van der Waals surface area (Å²) in [6.07, 6.45) is 5.95. The minimum atomic E-state index is -0.386. The number of aryl methyl sites for hydroxylation is 2. The Morgan fingerprint density at radius 3 is 0.786 bits per heavy atom. The van der Waals surface area contributed by atoms with E-state index in [9.17, 15) is 38.4 Å². The lowest BCUT2D eigenvalue weighted by Gasteiger charge is -2.14. The Kier molecular flexibility index (Phi) is 29.7. The Morgan fingerprint density at radius 2 is 0.540 bits per heavy atom. The largest absolute Gasteiger partial charge is 0.358 e. The molecule has 0 unspecified atom stereocenters. The van der Waals surface area contributed by atoms with Crippen LogP contribution in [0.2, 0.25) is 15.1 Å². The van der Waals surface area contributed by atoms with Gasteiger partial charge >= 0.3 is 0 Å². The van der Waals surface area contributed by atoms with E-state index < -0.39 is 0 Å². The normalized spacial score (nSPS) is 13.0.